The number of aromatic nitrogens is 2. The van der Waals surface area contributed by atoms with Crippen molar-refractivity contribution in [3.8, 4) is 0 Å². The maximum absolute atomic E-state index is 12.3. The molecule has 1 heterocycles. The van der Waals surface area contributed by atoms with Crippen LogP contribution in [0.1, 0.15) is 55.0 Å². The summed E-state index contributed by atoms with van der Waals surface area (Å²) in [7, 11) is 0. The largest absolute Gasteiger partial charge is 0.480 e. The van der Waals surface area contributed by atoms with Crippen LogP contribution in [-0.2, 0) is 4.79 Å². The van der Waals surface area contributed by atoms with Crippen LogP contribution in [0, 0.1) is 6.92 Å². The number of aliphatic carboxylic acids is 1. The summed E-state index contributed by atoms with van der Waals surface area (Å²) in [6.07, 6.45) is 5.13. The SMILES string of the molecule is C/C=C/CC(NC(=O)c1cnc(C)nc1C(C)C)C(=O)O. The number of carbonyl (C=O) groups excluding carboxylic acids is 1. The average Bonchev–Trinajstić information content (AvgIpc) is 2.42. The van der Waals surface area contributed by atoms with Crippen LogP contribution in [0.15, 0.2) is 18.3 Å². The van der Waals surface area contributed by atoms with Crippen LogP contribution in [0.2, 0.25) is 0 Å². The van der Waals surface area contributed by atoms with E-state index in [0.717, 1.165) is 0 Å². The molecule has 2 N–H and O–H groups in total. The van der Waals surface area contributed by atoms with E-state index in [1.54, 1.807) is 26.0 Å². The summed E-state index contributed by atoms with van der Waals surface area (Å²) >= 11 is 0. The molecule has 6 heteroatoms. The van der Waals surface area contributed by atoms with Gasteiger partial charge in [-0.1, -0.05) is 26.0 Å². The van der Waals surface area contributed by atoms with E-state index in [-0.39, 0.29) is 12.3 Å². The van der Waals surface area contributed by atoms with Gasteiger partial charge in [-0.2, -0.15) is 0 Å². The molecule has 0 aliphatic heterocycles. The second-order valence-corrected chi connectivity index (χ2v) is 5.04. The topological polar surface area (TPSA) is 92.2 Å². The molecule has 0 aromatic carbocycles. The lowest BCUT2D eigenvalue weighted by Gasteiger charge is -2.15. The van der Waals surface area contributed by atoms with E-state index in [4.69, 9.17) is 5.11 Å². The smallest absolute Gasteiger partial charge is 0.326 e. The van der Waals surface area contributed by atoms with Gasteiger partial charge in [-0.25, -0.2) is 14.8 Å². The number of carboxylic acids is 1. The molecule has 21 heavy (non-hydrogen) atoms. The summed E-state index contributed by atoms with van der Waals surface area (Å²) in [5.41, 5.74) is 0.942. The number of carboxylic acid groups (broad SMARTS) is 1. The third-order valence-electron chi connectivity index (χ3n) is 2.94. The quantitative estimate of drug-likeness (QED) is 0.783. The van der Waals surface area contributed by atoms with Crippen LogP contribution in [0.4, 0.5) is 0 Å². The molecule has 114 valence electrons. The standard InChI is InChI=1S/C15H21N3O3/c1-5-6-7-12(15(20)21)18-14(19)11-8-16-10(4)17-13(11)9(2)3/h5-6,8-9,12H,7H2,1-4H3,(H,18,19)(H,20,21)/b6-5+. The molecule has 1 amide bonds. The number of allylic oxidation sites excluding steroid dienone is 1. The zero-order valence-electron chi connectivity index (χ0n) is 12.8. The Morgan fingerprint density at radius 3 is 2.62 bits per heavy atom. The van der Waals surface area contributed by atoms with Gasteiger partial charge in [-0.05, 0) is 26.2 Å². The molecule has 0 fully saturated rings. The van der Waals surface area contributed by atoms with Crippen LogP contribution >= 0.6 is 0 Å². The van der Waals surface area contributed by atoms with Crippen molar-refractivity contribution in [1.82, 2.24) is 15.3 Å². The Morgan fingerprint density at radius 2 is 2.10 bits per heavy atom. The number of rotatable bonds is 6. The van der Waals surface area contributed by atoms with Crippen molar-refractivity contribution in [2.75, 3.05) is 0 Å². The minimum atomic E-state index is -1.07. The number of amides is 1. The maximum Gasteiger partial charge on any atom is 0.326 e. The van der Waals surface area contributed by atoms with E-state index in [1.165, 1.54) is 6.20 Å². The van der Waals surface area contributed by atoms with E-state index in [0.29, 0.717) is 17.1 Å². The molecule has 1 atom stereocenters. The lowest BCUT2D eigenvalue weighted by atomic mass is 10.0. The number of aryl methyl sites for hydroxylation is 1. The fourth-order valence-electron chi connectivity index (χ4n) is 1.83. The van der Waals surface area contributed by atoms with Crippen molar-refractivity contribution in [1.29, 1.82) is 0 Å². The van der Waals surface area contributed by atoms with Gasteiger partial charge >= 0.3 is 5.97 Å². The van der Waals surface area contributed by atoms with E-state index in [9.17, 15) is 9.59 Å². The van der Waals surface area contributed by atoms with Gasteiger partial charge in [0.05, 0.1) is 11.3 Å². The summed E-state index contributed by atoms with van der Waals surface area (Å²) < 4.78 is 0. The highest BCUT2D eigenvalue weighted by Crippen LogP contribution is 2.16. The molecule has 0 bridgehead atoms. The predicted octanol–water partition coefficient (Wildman–Crippen LogP) is 2.06. The predicted molar refractivity (Wildman–Crippen MR) is 79.2 cm³/mol. The summed E-state index contributed by atoms with van der Waals surface area (Å²) in [6, 6.07) is -0.963. The first-order chi connectivity index (χ1) is 9.86. The number of hydrogen-bond acceptors (Lipinski definition) is 4. The first-order valence-corrected chi connectivity index (χ1v) is 6.85. The fourth-order valence-corrected chi connectivity index (χ4v) is 1.83. The summed E-state index contributed by atoms with van der Waals surface area (Å²) in [5, 5.41) is 11.7. The number of nitrogens with zero attached hydrogens (tertiary/aromatic N) is 2. The van der Waals surface area contributed by atoms with Gasteiger partial charge in [0.1, 0.15) is 11.9 Å². The number of carbonyl (C=O) groups is 2. The van der Waals surface area contributed by atoms with Crippen molar-refractivity contribution in [3.63, 3.8) is 0 Å². The number of nitrogens with one attached hydrogen (secondary N) is 1. The molecule has 1 aromatic heterocycles. The summed E-state index contributed by atoms with van der Waals surface area (Å²) in [4.78, 5) is 31.7. The molecule has 0 saturated carbocycles. The molecule has 0 spiro atoms. The molecule has 6 nitrogen and oxygen atoms in total. The highest BCUT2D eigenvalue weighted by atomic mass is 16.4. The van der Waals surface area contributed by atoms with Crippen molar-refractivity contribution in [2.45, 2.75) is 46.1 Å². The fraction of sp³-hybridized carbons (Fsp3) is 0.467. The van der Waals surface area contributed by atoms with E-state index in [2.05, 4.69) is 15.3 Å². The molecule has 1 unspecified atom stereocenters. The Hall–Kier alpha value is -2.24. The summed E-state index contributed by atoms with van der Waals surface area (Å²) in [6.45, 7) is 7.39. The first kappa shape index (κ1) is 16.8. The van der Waals surface area contributed by atoms with Crippen LogP contribution in [-0.4, -0.2) is 33.0 Å². The molecular weight excluding hydrogens is 270 g/mol. The monoisotopic (exact) mass is 291 g/mol. The Balaban J connectivity index is 3.00. The van der Waals surface area contributed by atoms with Gasteiger partial charge in [-0.15, -0.1) is 0 Å². The molecule has 0 aliphatic carbocycles. The Bertz CT molecular complexity index is 553. The lowest BCUT2D eigenvalue weighted by Crippen LogP contribution is -2.41. The summed E-state index contributed by atoms with van der Waals surface area (Å²) in [5.74, 6) is -0.901. The van der Waals surface area contributed by atoms with Crippen LogP contribution in [0.25, 0.3) is 0 Å². The molecule has 0 saturated heterocycles. The molecule has 0 radical (unpaired) electrons. The van der Waals surface area contributed by atoms with Gasteiger partial charge in [0.25, 0.3) is 5.91 Å². The lowest BCUT2D eigenvalue weighted by molar-refractivity contribution is -0.139. The highest BCUT2D eigenvalue weighted by Gasteiger charge is 2.22. The first-order valence-electron chi connectivity index (χ1n) is 6.85. The second kappa shape index (κ2) is 7.52. The third-order valence-corrected chi connectivity index (χ3v) is 2.94. The minimum absolute atomic E-state index is 0.0475. The van der Waals surface area contributed by atoms with Crippen LogP contribution in [0.3, 0.4) is 0 Å². The average molecular weight is 291 g/mol. The van der Waals surface area contributed by atoms with Gasteiger partial charge in [0.15, 0.2) is 0 Å². The second-order valence-electron chi connectivity index (χ2n) is 5.04. The van der Waals surface area contributed by atoms with E-state index >= 15 is 0 Å². The maximum atomic E-state index is 12.3. The van der Waals surface area contributed by atoms with Gasteiger partial charge < -0.3 is 10.4 Å². The Morgan fingerprint density at radius 1 is 1.43 bits per heavy atom. The van der Waals surface area contributed by atoms with Crippen LogP contribution in [0.5, 0.6) is 0 Å². The van der Waals surface area contributed by atoms with Crippen LogP contribution < -0.4 is 5.32 Å². The van der Waals surface area contributed by atoms with Crippen molar-refractivity contribution in [2.24, 2.45) is 0 Å². The highest BCUT2D eigenvalue weighted by molar-refractivity contribution is 5.97. The van der Waals surface area contributed by atoms with E-state index < -0.39 is 17.9 Å². The molecule has 1 rings (SSSR count). The van der Waals surface area contributed by atoms with Gasteiger partial charge in [0, 0.05) is 6.20 Å². The number of hydrogen-bond donors (Lipinski definition) is 2. The van der Waals surface area contributed by atoms with Crippen molar-refractivity contribution >= 4 is 11.9 Å². The Labute approximate surface area is 124 Å². The third kappa shape index (κ3) is 4.66. The molecule has 0 aliphatic rings. The normalized spacial score (nSPS) is 12.6. The van der Waals surface area contributed by atoms with E-state index in [1.807, 2.05) is 13.8 Å². The van der Waals surface area contributed by atoms with Gasteiger partial charge in [-0.3, -0.25) is 4.79 Å². The molecular formula is C15H21N3O3. The van der Waals surface area contributed by atoms with Crippen molar-refractivity contribution in [3.05, 3.63) is 35.4 Å². The zero-order valence-corrected chi connectivity index (χ0v) is 12.8. The van der Waals surface area contributed by atoms with Gasteiger partial charge in [0.2, 0.25) is 0 Å². The minimum Gasteiger partial charge on any atom is -0.480 e. The molecule has 1 aromatic rings. The van der Waals surface area contributed by atoms with Crippen molar-refractivity contribution < 1.29 is 14.7 Å². The zero-order chi connectivity index (χ0) is 16.0. The Kier molecular flexibility index (Phi) is 6.02.